The number of sulfonamides is 1. The fraction of sp³-hybridized carbons (Fsp3) is 0.500. The van der Waals surface area contributed by atoms with Crippen LogP contribution < -0.4 is 4.72 Å². The minimum atomic E-state index is -3.85. The summed E-state index contributed by atoms with van der Waals surface area (Å²) in [6, 6.07) is 0. The van der Waals surface area contributed by atoms with E-state index >= 15 is 0 Å². The lowest BCUT2D eigenvalue weighted by Gasteiger charge is -2.09. The molecule has 1 N–H and O–H groups in total. The van der Waals surface area contributed by atoms with Crippen LogP contribution in [0.25, 0.3) is 0 Å². The molecule has 0 unspecified atom stereocenters. The fourth-order valence-corrected chi connectivity index (χ4v) is 5.03. The van der Waals surface area contributed by atoms with Gasteiger partial charge in [-0.1, -0.05) is 0 Å². The molecule has 7 nitrogen and oxygen atoms in total. The van der Waals surface area contributed by atoms with E-state index in [1.807, 2.05) is 0 Å². The third-order valence-corrected chi connectivity index (χ3v) is 5.86. The molecule has 0 aliphatic heterocycles. The zero-order chi connectivity index (χ0) is 15.6. The van der Waals surface area contributed by atoms with E-state index in [4.69, 9.17) is 0 Å². The Hall–Kier alpha value is -1.13. The second-order valence-corrected chi connectivity index (χ2v) is 9.15. The minimum Gasteiger partial charge on any atom is -0.465 e. The number of hydrogen-bond donors (Lipinski definition) is 1. The standard InChI is InChI=1S/C10H15NO6S3/c1-7-6-18-9(10(12)17-2)8(7)11-20(15,16)5-4-19(3,13)14/h6,11H,4-5H2,1-3H3. The van der Waals surface area contributed by atoms with Crippen molar-refractivity contribution in [3.8, 4) is 0 Å². The molecular formula is C10H15NO6S3. The van der Waals surface area contributed by atoms with E-state index in [1.165, 1.54) is 7.11 Å². The first kappa shape index (κ1) is 16.9. The first-order chi connectivity index (χ1) is 9.06. The summed E-state index contributed by atoms with van der Waals surface area (Å²) >= 11 is 1.05. The quantitative estimate of drug-likeness (QED) is 0.761. The molecule has 1 aromatic rings. The molecule has 0 aliphatic rings. The lowest BCUT2D eigenvalue weighted by Crippen LogP contribution is -2.23. The van der Waals surface area contributed by atoms with Gasteiger partial charge in [0, 0.05) is 6.26 Å². The summed E-state index contributed by atoms with van der Waals surface area (Å²) in [5.41, 5.74) is 0.702. The molecule has 1 rings (SSSR count). The Morgan fingerprint density at radius 2 is 1.90 bits per heavy atom. The molecule has 0 atom stereocenters. The van der Waals surface area contributed by atoms with Gasteiger partial charge in [-0.05, 0) is 17.9 Å². The van der Waals surface area contributed by atoms with Crippen molar-refractivity contribution in [3.63, 3.8) is 0 Å². The van der Waals surface area contributed by atoms with E-state index in [2.05, 4.69) is 9.46 Å². The highest BCUT2D eigenvalue weighted by molar-refractivity contribution is 7.95. The van der Waals surface area contributed by atoms with Gasteiger partial charge in [0.25, 0.3) is 0 Å². The summed E-state index contributed by atoms with van der Waals surface area (Å²) in [5, 5.41) is 1.61. The Morgan fingerprint density at radius 1 is 1.30 bits per heavy atom. The van der Waals surface area contributed by atoms with Crippen molar-refractivity contribution >= 4 is 42.9 Å². The summed E-state index contributed by atoms with van der Waals surface area (Å²) in [6.45, 7) is 1.64. The fourth-order valence-electron chi connectivity index (χ4n) is 1.28. The van der Waals surface area contributed by atoms with Gasteiger partial charge in [-0.15, -0.1) is 11.3 Å². The molecule has 0 aliphatic carbocycles. The molecule has 0 radical (unpaired) electrons. The topological polar surface area (TPSA) is 107 Å². The van der Waals surface area contributed by atoms with Gasteiger partial charge in [0.1, 0.15) is 14.7 Å². The van der Waals surface area contributed by atoms with Gasteiger partial charge in [0.2, 0.25) is 10.0 Å². The average molecular weight is 341 g/mol. The molecule has 10 heteroatoms. The zero-order valence-corrected chi connectivity index (χ0v) is 13.6. The van der Waals surface area contributed by atoms with Crippen LogP contribution in [0, 0.1) is 6.92 Å². The van der Waals surface area contributed by atoms with Crippen LogP contribution in [0.1, 0.15) is 15.2 Å². The number of carbonyl (C=O) groups excluding carboxylic acids is 1. The maximum atomic E-state index is 11.8. The Labute approximate surface area is 121 Å². The Morgan fingerprint density at radius 3 is 2.40 bits per heavy atom. The molecule has 20 heavy (non-hydrogen) atoms. The molecule has 1 aromatic heterocycles. The maximum Gasteiger partial charge on any atom is 0.350 e. The monoisotopic (exact) mass is 341 g/mol. The summed E-state index contributed by atoms with van der Waals surface area (Å²) in [4.78, 5) is 11.6. The third-order valence-electron chi connectivity index (χ3n) is 2.33. The molecule has 114 valence electrons. The molecule has 0 saturated heterocycles. The van der Waals surface area contributed by atoms with Crippen LogP contribution in [-0.2, 0) is 24.6 Å². The van der Waals surface area contributed by atoms with Gasteiger partial charge in [-0.25, -0.2) is 21.6 Å². The van der Waals surface area contributed by atoms with Crippen molar-refractivity contribution in [1.29, 1.82) is 0 Å². The molecule has 0 bridgehead atoms. The van der Waals surface area contributed by atoms with Gasteiger partial charge >= 0.3 is 5.97 Å². The van der Waals surface area contributed by atoms with E-state index in [0.29, 0.717) is 5.56 Å². The average Bonchev–Trinajstić information content (AvgIpc) is 2.67. The number of esters is 1. The smallest absolute Gasteiger partial charge is 0.350 e. The van der Waals surface area contributed by atoms with Crippen LogP contribution in [0.15, 0.2) is 5.38 Å². The highest BCUT2D eigenvalue weighted by Gasteiger charge is 2.22. The van der Waals surface area contributed by atoms with Crippen molar-refractivity contribution in [2.24, 2.45) is 0 Å². The number of anilines is 1. The normalized spacial score (nSPS) is 12.2. The van der Waals surface area contributed by atoms with Crippen molar-refractivity contribution < 1.29 is 26.4 Å². The largest absolute Gasteiger partial charge is 0.465 e. The lowest BCUT2D eigenvalue weighted by molar-refractivity contribution is 0.0607. The molecule has 0 fully saturated rings. The van der Waals surface area contributed by atoms with Crippen LogP contribution in [-0.4, -0.2) is 47.7 Å². The van der Waals surface area contributed by atoms with E-state index in [0.717, 1.165) is 17.6 Å². The Bertz CT molecular complexity index is 701. The summed E-state index contributed by atoms with van der Waals surface area (Å²) in [5.74, 6) is -1.70. The van der Waals surface area contributed by atoms with Crippen molar-refractivity contribution in [1.82, 2.24) is 0 Å². The highest BCUT2D eigenvalue weighted by atomic mass is 32.2. The second kappa shape index (κ2) is 6.10. The molecule has 0 saturated carbocycles. The number of thiophene rings is 1. The van der Waals surface area contributed by atoms with Gasteiger partial charge < -0.3 is 4.74 Å². The number of rotatable bonds is 6. The van der Waals surface area contributed by atoms with Gasteiger partial charge in [-0.3, -0.25) is 4.72 Å². The summed E-state index contributed by atoms with van der Waals surface area (Å²) < 4.78 is 52.5. The number of aryl methyl sites for hydroxylation is 1. The minimum absolute atomic E-state index is 0.132. The number of methoxy groups -OCH3 is 1. The second-order valence-electron chi connectivity index (χ2n) is 4.17. The van der Waals surface area contributed by atoms with Crippen molar-refractivity contribution in [2.75, 3.05) is 29.6 Å². The number of nitrogens with one attached hydrogen (secondary N) is 1. The van der Waals surface area contributed by atoms with Gasteiger partial charge in [-0.2, -0.15) is 0 Å². The predicted octanol–water partition coefficient (Wildman–Crippen LogP) is 0.629. The Kier molecular flexibility index (Phi) is 5.16. The zero-order valence-electron chi connectivity index (χ0n) is 11.2. The van der Waals surface area contributed by atoms with E-state index in [-0.39, 0.29) is 10.6 Å². The number of sulfone groups is 1. The van der Waals surface area contributed by atoms with E-state index in [1.54, 1.807) is 12.3 Å². The first-order valence-electron chi connectivity index (χ1n) is 5.40. The third kappa shape index (κ3) is 4.76. The van der Waals surface area contributed by atoms with Crippen molar-refractivity contribution in [2.45, 2.75) is 6.92 Å². The van der Waals surface area contributed by atoms with E-state index < -0.39 is 37.3 Å². The number of ether oxygens (including phenoxy) is 1. The molecule has 1 heterocycles. The van der Waals surface area contributed by atoms with Crippen LogP contribution in [0.3, 0.4) is 0 Å². The van der Waals surface area contributed by atoms with Crippen molar-refractivity contribution in [3.05, 3.63) is 15.8 Å². The van der Waals surface area contributed by atoms with Crippen LogP contribution in [0.5, 0.6) is 0 Å². The van der Waals surface area contributed by atoms with Crippen LogP contribution in [0.2, 0.25) is 0 Å². The highest BCUT2D eigenvalue weighted by Crippen LogP contribution is 2.29. The first-order valence-corrected chi connectivity index (χ1v) is 9.99. The predicted molar refractivity (Wildman–Crippen MR) is 77.5 cm³/mol. The molecular weight excluding hydrogens is 326 g/mol. The summed E-state index contributed by atoms with van der Waals surface area (Å²) in [7, 11) is -6.05. The number of carbonyl (C=O) groups is 1. The maximum absolute atomic E-state index is 11.8. The van der Waals surface area contributed by atoms with Gasteiger partial charge in [0.05, 0.1) is 24.3 Å². The summed E-state index contributed by atoms with van der Waals surface area (Å²) in [6.07, 6.45) is 0.957. The lowest BCUT2D eigenvalue weighted by atomic mass is 10.3. The van der Waals surface area contributed by atoms with E-state index in [9.17, 15) is 21.6 Å². The molecule has 0 spiro atoms. The number of hydrogen-bond acceptors (Lipinski definition) is 7. The Balaban J connectivity index is 2.98. The molecule has 0 aromatic carbocycles. The van der Waals surface area contributed by atoms with Crippen LogP contribution in [0.4, 0.5) is 5.69 Å². The SMILES string of the molecule is COC(=O)c1scc(C)c1NS(=O)(=O)CCS(C)(=O)=O. The molecule has 0 amide bonds. The van der Waals surface area contributed by atoms with Gasteiger partial charge in [0.15, 0.2) is 0 Å². The van der Waals surface area contributed by atoms with Crippen LogP contribution >= 0.6 is 11.3 Å².